The first-order valence-corrected chi connectivity index (χ1v) is 12.2. The summed E-state index contributed by atoms with van der Waals surface area (Å²) in [5.74, 6) is 1.81. The number of sulfone groups is 1. The van der Waals surface area contributed by atoms with E-state index in [9.17, 15) is 8.42 Å². The maximum absolute atomic E-state index is 12.5. The number of ether oxygens (including phenoxy) is 1. The van der Waals surface area contributed by atoms with Crippen LogP contribution in [0.3, 0.4) is 0 Å². The van der Waals surface area contributed by atoms with E-state index < -0.39 is 9.84 Å². The molecule has 1 aliphatic heterocycles. The third-order valence-corrected chi connectivity index (χ3v) is 8.13. The Morgan fingerprint density at radius 2 is 2.04 bits per heavy atom. The van der Waals surface area contributed by atoms with Crippen LogP contribution in [0.1, 0.15) is 44.9 Å². The Morgan fingerprint density at radius 3 is 2.79 bits per heavy atom. The second-order valence-corrected chi connectivity index (χ2v) is 10.5. The van der Waals surface area contributed by atoms with Crippen LogP contribution in [0.5, 0.6) is 0 Å². The quantitative estimate of drug-likeness (QED) is 0.761. The van der Waals surface area contributed by atoms with Gasteiger partial charge in [-0.25, -0.2) is 18.4 Å². The minimum Gasteiger partial charge on any atom is -0.378 e. The lowest BCUT2D eigenvalue weighted by Gasteiger charge is -2.35. The number of anilines is 1. The molecule has 4 rings (SSSR count). The van der Waals surface area contributed by atoms with E-state index >= 15 is 0 Å². The average molecular weight is 407 g/mol. The van der Waals surface area contributed by atoms with Crippen molar-refractivity contribution in [2.45, 2.75) is 57.1 Å². The fourth-order valence-electron chi connectivity index (χ4n) is 4.64. The summed E-state index contributed by atoms with van der Waals surface area (Å²) in [4.78, 5) is 14.1. The Labute approximate surface area is 166 Å². The summed E-state index contributed by atoms with van der Waals surface area (Å²) < 4.78 is 30.6. The summed E-state index contributed by atoms with van der Waals surface area (Å²) in [5.41, 5.74) is 0.850. The number of H-pyrrole nitrogens is 1. The molecule has 0 unspecified atom stereocenters. The highest BCUT2D eigenvalue weighted by atomic mass is 32.2. The van der Waals surface area contributed by atoms with E-state index in [0.29, 0.717) is 18.2 Å². The number of aromatic nitrogens is 3. The van der Waals surface area contributed by atoms with E-state index in [2.05, 4.69) is 26.9 Å². The Morgan fingerprint density at radius 1 is 1.21 bits per heavy atom. The lowest BCUT2D eigenvalue weighted by Crippen LogP contribution is -2.37. The molecule has 3 heterocycles. The van der Waals surface area contributed by atoms with Gasteiger partial charge in [-0.15, -0.1) is 0 Å². The van der Waals surface area contributed by atoms with Crippen molar-refractivity contribution in [2.75, 3.05) is 30.1 Å². The van der Waals surface area contributed by atoms with Gasteiger partial charge >= 0.3 is 0 Å². The summed E-state index contributed by atoms with van der Waals surface area (Å²) in [5, 5.41) is 1.03. The molecule has 7 nitrogen and oxygen atoms in total. The smallest absolute Gasteiger partial charge is 0.150 e. The van der Waals surface area contributed by atoms with E-state index in [4.69, 9.17) is 4.74 Å². The van der Waals surface area contributed by atoms with Crippen LogP contribution in [0.4, 0.5) is 5.82 Å². The zero-order valence-corrected chi connectivity index (χ0v) is 17.3. The first kappa shape index (κ1) is 19.6. The molecule has 2 aromatic heterocycles. The van der Waals surface area contributed by atoms with Crippen molar-refractivity contribution in [3.63, 3.8) is 0 Å². The maximum atomic E-state index is 12.5. The van der Waals surface area contributed by atoms with Gasteiger partial charge in [0, 0.05) is 25.9 Å². The molecule has 1 saturated carbocycles. The third-order valence-electron chi connectivity index (χ3n) is 6.30. The fraction of sp³-hybridized carbons (Fsp3) is 0.700. The maximum Gasteiger partial charge on any atom is 0.150 e. The van der Waals surface area contributed by atoms with Gasteiger partial charge in [0.2, 0.25) is 0 Å². The van der Waals surface area contributed by atoms with Crippen LogP contribution < -0.4 is 4.90 Å². The van der Waals surface area contributed by atoms with Crippen molar-refractivity contribution in [1.29, 1.82) is 0 Å². The first-order valence-electron chi connectivity index (χ1n) is 10.3. The predicted octanol–water partition coefficient (Wildman–Crippen LogP) is 2.94. The molecule has 1 aliphatic carbocycles. The molecule has 0 radical (unpaired) electrons. The van der Waals surface area contributed by atoms with Crippen molar-refractivity contribution in [3.05, 3.63) is 18.6 Å². The Kier molecular flexibility index (Phi) is 5.87. The number of hydrogen-bond acceptors (Lipinski definition) is 6. The SMILES string of the molecule is CN(c1ncnc2[nH]ccc12)C1CCC(CS(=O)(=O)CC[C@H]2CCCO2)CC1. The molecule has 0 spiro atoms. The highest BCUT2D eigenvalue weighted by Gasteiger charge is 2.29. The lowest BCUT2D eigenvalue weighted by molar-refractivity contribution is 0.109. The molecule has 8 heteroatoms. The number of rotatable bonds is 7. The van der Waals surface area contributed by atoms with Crippen molar-refractivity contribution >= 4 is 26.7 Å². The first-order chi connectivity index (χ1) is 13.5. The van der Waals surface area contributed by atoms with Gasteiger partial charge in [-0.05, 0) is 56.9 Å². The van der Waals surface area contributed by atoms with Crippen LogP contribution in [0, 0.1) is 5.92 Å². The number of nitrogens with zero attached hydrogens (tertiary/aromatic N) is 3. The monoisotopic (exact) mass is 406 g/mol. The zero-order chi connectivity index (χ0) is 19.6. The van der Waals surface area contributed by atoms with Gasteiger partial charge in [-0.3, -0.25) is 0 Å². The van der Waals surface area contributed by atoms with E-state index in [1.165, 1.54) is 0 Å². The lowest BCUT2D eigenvalue weighted by atomic mass is 9.86. The van der Waals surface area contributed by atoms with Gasteiger partial charge in [0.1, 0.15) is 17.8 Å². The standard InChI is InChI=1S/C20H30N4O3S/c1-24(20-18-8-10-21-19(18)22-14-23-20)16-6-4-15(5-7-16)13-28(25,26)12-9-17-3-2-11-27-17/h8,10,14-17H,2-7,9,11-13H2,1H3,(H,21,22,23)/t15?,16?,17-/m1/s1. The highest BCUT2D eigenvalue weighted by Crippen LogP contribution is 2.32. The van der Waals surface area contributed by atoms with Crippen molar-refractivity contribution in [3.8, 4) is 0 Å². The van der Waals surface area contributed by atoms with E-state index in [1.54, 1.807) is 6.33 Å². The van der Waals surface area contributed by atoms with E-state index in [0.717, 1.165) is 62.0 Å². The van der Waals surface area contributed by atoms with Crippen LogP contribution in [0.2, 0.25) is 0 Å². The van der Waals surface area contributed by atoms with Crippen molar-refractivity contribution in [2.24, 2.45) is 5.92 Å². The Bertz CT molecular complexity index is 884. The van der Waals surface area contributed by atoms with Crippen molar-refractivity contribution < 1.29 is 13.2 Å². The molecule has 0 bridgehead atoms. The number of aromatic amines is 1. The zero-order valence-electron chi connectivity index (χ0n) is 16.5. The normalized spacial score (nSPS) is 26.0. The molecule has 28 heavy (non-hydrogen) atoms. The van der Waals surface area contributed by atoms with Gasteiger partial charge in [0.15, 0.2) is 9.84 Å². The van der Waals surface area contributed by atoms with Crippen LogP contribution in [-0.2, 0) is 14.6 Å². The van der Waals surface area contributed by atoms with Gasteiger partial charge < -0.3 is 14.6 Å². The molecule has 1 N–H and O–H groups in total. The number of nitrogens with one attached hydrogen (secondary N) is 1. The summed E-state index contributed by atoms with van der Waals surface area (Å²) in [6, 6.07) is 2.40. The minimum atomic E-state index is -3.00. The van der Waals surface area contributed by atoms with Gasteiger partial charge in [-0.2, -0.15) is 0 Å². The second kappa shape index (κ2) is 8.37. The predicted molar refractivity (Wildman–Crippen MR) is 110 cm³/mol. The molecular formula is C20H30N4O3S. The summed E-state index contributed by atoms with van der Waals surface area (Å²) >= 11 is 0. The van der Waals surface area contributed by atoms with Crippen LogP contribution in [0.25, 0.3) is 11.0 Å². The molecule has 2 aliphatic rings. The van der Waals surface area contributed by atoms with Crippen molar-refractivity contribution in [1.82, 2.24) is 15.0 Å². The Balaban J connectivity index is 1.30. The average Bonchev–Trinajstić information content (AvgIpc) is 3.37. The molecule has 1 saturated heterocycles. The molecular weight excluding hydrogens is 376 g/mol. The van der Waals surface area contributed by atoms with Gasteiger partial charge in [0.05, 0.1) is 23.0 Å². The van der Waals surface area contributed by atoms with E-state index in [-0.39, 0.29) is 17.8 Å². The van der Waals surface area contributed by atoms with Crippen LogP contribution in [-0.4, -0.2) is 60.7 Å². The molecule has 2 fully saturated rings. The van der Waals surface area contributed by atoms with Crippen LogP contribution >= 0.6 is 0 Å². The van der Waals surface area contributed by atoms with Crippen LogP contribution in [0.15, 0.2) is 18.6 Å². The largest absolute Gasteiger partial charge is 0.378 e. The third kappa shape index (κ3) is 4.49. The molecule has 0 aromatic carbocycles. The van der Waals surface area contributed by atoms with Gasteiger partial charge in [-0.1, -0.05) is 0 Å². The van der Waals surface area contributed by atoms with Gasteiger partial charge in [0.25, 0.3) is 0 Å². The fourth-order valence-corrected chi connectivity index (χ4v) is 6.48. The molecule has 154 valence electrons. The molecule has 2 aromatic rings. The topological polar surface area (TPSA) is 88.2 Å². The summed E-state index contributed by atoms with van der Waals surface area (Å²) in [7, 11) is -0.917. The Hall–Kier alpha value is -1.67. The van der Waals surface area contributed by atoms with E-state index in [1.807, 2.05) is 12.3 Å². The molecule has 1 atom stereocenters. The minimum absolute atomic E-state index is 0.150. The summed E-state index contributed by atoms with van der Waals surface area (Å²) in [6.45, 7) is 0.781. The number of fused-ring (bicyclic) bond motifs is 1. The number of hydrogen-bond donors (Lipinski definition) is 1. The summed E-state index contributed by atoms with van der Waals surface area (Å²) in [6.07, 6.45) is 10.3. The highest BCUT2D eigenvalue weighted by molar-refractivity contribution is 7.91. The molecule has 0 amide bonds. The second-order valence-electron chi connectivity index (χ2n) is 8.26.